The van der Waals surface area contributed by atoms with E-state index < -0.39 is 0 Å². The van der Waals surface area contributed by atoms with Crippen molar-refractivity contribution < 1.29 is 4.74 Å². The molecule has 1 fully saturated rings. The second-order valence-corrected chi connectivity index (χ2v) is 5.85. The van der Waals surface area contributed by atoms with E-state index in [1.165, 1.54) is 24.9 Å². The molecule has 2 rings (SSSR count). The highest BCUT2D eigenvalue weighted by Crippen LogP contribution is 2.31. The Morgan fingerprint density at radius 2 is 2.19 bits per heavy atom. The Morgan fingerprint density at radius 1 is 1.44 bits per heavy atom. The molecule has 1 aliphatic heterocycles. The van der Waals surface area contributed by atoms with Crippen molar-refractivity contribution in [2.75, 3.05) is 13.7 Å². The summed E-state index contributed by atoms with van der Waals surface area (Å²) in [5.41, 5.74) is 1.41. The zero-order valence-corrected chi connectivity index (χ0v) is 12.3. The summed E-state index contributed by atoms with van der Waals surface area (Å²) < 4.78 is 7.66. The van der Waals surface area contributed by atoms with E-state index in [2.05, 4.69) is 37.6 Å². The van der Waals surface area contributed by atoms with E-state index in [1.54, 1.807) is 7.11 Å². The lowest BCUT2D eigenvalue weighted by Crippen LogP contribution is -2.23. The summed E-state index contributed by atoms with van der Waals surface area (Å²) in [6.07, 6.45) is 3.80. The highest BCUT2D eigenvalue weighted by Gasteiger charge is 2.24. The van der Waals surface area contributed by atoms with E-state index >= 15 is 0 Å². The fraction of sp³-hybridized carbons (Fsp3) is 0.500. The van der Waals surface area contributed by atoms with Gasteiger partial charge in [-0.05, 0) is 46.1 Å². The van der Waals surface area contributed by atoms with Gasteiger partial charge in [0, 0.05) is 33.8 Å². The lowest BCUT2D eigenvalue weighted by atomic mass is 10.0. The molecule has 4 heteroatoms. The molecule has 0 amide bonds. The molecule has 88 valence electrons. The first-order valence-electron chi connectivity index (χ1n) is 5.52. The zero-order chi connectivity index (χ0) is 11.4. The summed E-state index contributed by atoms with van der Waals surface area (Å²) in [6.45, 7) is 1.23. The van der Waals surface area contributed by atoms with Gasteiger partial charge in [-0.15, -0.1) is 0 Å². The first-order chi connectivity index (χ1) is 7.83. The normalized spacial score (nSPS) is 21.2. The molecular formula is C12H16INOS. The average molecular weight is 349 g/mol. The van der Waals surface area contributed by atoms with Crippen molar-refractivity contribution in [3.8, 4) is 5.75 Å². The predicted octanol–water partition coefficient (Wildman–Crippen LogP) is 3.70. The maximum absolute atomic E-state index is 5.17. The van der Waals surface area contributed by atoms with Crippen molar-refractivity contribution in [3.05, 3.63) is 29.8 Å². The Morgan fingerprint density at radius 3 is 2.81 bits per heavy atom. The number of ether oxygens (including phenoxy) is 1. The van der Waals surface area contributed by atoms with E-state index in [4.69, 9.17) is 4.74 Å². The van der Waals surface area contributed by atoms with Gasteiger partial charge in [-0.1, -0.05) is 12.1 Å². The van der Waals surface area contributed by atoms with Crippen LogP contribution in [0, 0.1) is 0 Å². The molecule has 0 aromatic heterocycles. The van der Waals surface area contributed by atoms with Crippen molar-refractivity contribution in [1.82, 2.24) is 4.31 Å². The van der Waals surface area contributed by atoms with Gasteiger partial charge in [0.05, 0.1) is 7.11 Å². The fourth-order valence-electron chi connectivity index (χ4n) is 2.14. The van der Waals surface area contributed by atoms with Gasteiger partial charge in [-0.2, -0.15) is 0 Å². The molecule has 0 aliphatic carbocycles. The van der Waals surface area contributed by atoms with Crippen LogP contribution in [0.5, 0.6) is 5.75 Å². The largest absolute Gasteiger partial charge is 0.497 e. The molecule has 1 aliphatic rings. The fourth-order valence-corrected chi connectivity index (χ4v) is 4.18. The first kappa shape index (κ1) is 12.5. The van der Waals surface area contributed by atoms with Crippen LogP contribution in [-0.2, 0) is 6.42 Å². The van der Waals surface area contributed by atoms with Gasteiger partial charge >= 0.3 is 0 Å². The standard InChI is InChI=1S/C12H16INOS/c1-15-12-6-4-10(5-7-12)9-11-3-2-8-14(11)16-13/h4-7,11H,2-3,8-9H2,1H3. The number of methoxy groups -OCH3 is 1. The molecule has 0 N–H and O–H groups in total. The Bertz CT molecular complexity index is 330. The van der Waals surface area contributed by atoms with Crippen LogP contribution in [-0.4, -0.2) is 24.0 Å². The van der Waals surface area contributed by atoms with Crippen LogP contribution in [0.1, 0.15) is 18.4 Å². The number of hydrogen-bond acceptors (Lipinski definition) is 3. The van der Waals surface area contributed by atoms with Crippen LogP contribution in [0.25, 0.3) is 0 Å². The van der Waals surface area contributed by atoms with Crippen LogP contribution >= 0.6 is 30.3 Å². The molecule has 0 bridgehead atoms. The van der Waals surface area contributed by atoms with Gasteiger partial charge in [-0.25, -0.2) is 4.31 Å². The predicted molar refractivity (Wildman–Crippen MR) is 78.0 cm³/mol. The molecule has 16 heavy (non-hydrogen) atoms. The number of benzene rings is 1. The van der Waals surface area contributed by atoms with Crippen molar-refractivity contribution in [1.29, 1.82) is 0 Å². The molecule has 0 saturated carbocycles. The maximum Gasteiger partial charge on any atom is 0.118 e. The number of halogens is 1. The lowest BCUT2D eigenvalue weighted by molar-refractivity contribution is 0.413. The minimum absolute atomic E-state index is 0.704. The van der Waals surface area contributed by atoms with Crippen molar-refractivity contribution in [2.45, 2.75) is 25.3 Å². The van der Waals surface area contributed by atoms with E-state index in [1.807, 2.05) is 21.3 Å². The van der Waals surface area contributed by atoms with Crippen LogP contribution in [0.3, 0.4) is 0 Å². The smallest absolute Gasteiger partial charge is 0.118 e. The molecule has 0 radical (unpaired) electrons. The molecule has 1 aromatic rings. The maximum atomic E-state index is 5.17. The van der Waals surface area contributed by atoms with E-state index in [-0.39, 0.29) is 0 Å². The zero-order valence-electron chi connectivity index (χ0n) is 9.36. The van der Waals surface area contributed by atoms with Gasteiger partial charge in [-0.3, -0.25) is 0 Å². The summed E-state index contributed by atoms with van der Waals surface area (Å²) in [4.78, 5) is 0. The molecule has 1 heterocycles. The van der Waals surface area contributed by atoms with Crippen LogP contribution in [0.15, 0.2) is 24.3 Å². The Balaban J connectivity index is 1.97. The summed E-state index contributed by atoms with van der Waals surface area (Å²) in [7, 11) is 3.55. The van der Waals surface area contributed by atoms with Crippen LogP contribution < -0.4 is 4.74 Å². The van der Waals surface area contributed by atoms with E-state index in [9.17, 15) is 0 Å². The molecule has 1 unspecified atom stereocenters. The Labute approximate surface area is 113 Å². The van der Waals surface area contributed by atoms with Gasteiger partial charge in [0.1, 0.15) is 5.75 Å². The minimum atomic E-state index is 0.704. The number of hydrogen-bond donors (Lipinski definition) is 0. The third-order valence-electron chi connectivity index (χ3n) is 3.04. The topological polar surface area (TPSA) is 12.5 Å². The van der Waals surface area contributed by atoms with Gasteiger partial charge < -0.3 is 4.74 Å². The van der Waals surface area contributed by atoms with E-state index in [0.717, 1.165) is 12.2 Å². The third-order valence-corrected chi connectivity index (χ3v) is 5.22. The van der Waals surface area contributed by atoms with Crippen molar-refractivity contribution in [2.24, 2.45) is 0 Å². The second-order valence-electron chi connectivity index (χ2n) is 4.06. The first-order valence-corrected chi connectivity index (χ1v) is 8.83. The quantitative estimate of drug-likeness (QED) is 0.608. The summed E-state index contributed by atoms with van der Waals surface area (Å²) in [5.74, 6) is 0.940. The number of rotatable bonds is 4. The van der Waals surface area contributed by atoms with Gasteiger partial charge in [0.2, 0.25) is 0 Å². The molecular weight excluding hydrogens is 333 g/mol. The summed E-state index contributed by atoms with van der Waals surface area (Å²) in [5, 5.41) is 0. The number of nitrogens with zero attached hydrogens (tertiary/aromatic N) is 1. The second kappa shape index (κ2) is 6.12. The molecule has 0 spiro atoms. The van der Waals surface area contributed by atoms with Gasteiger partial charge in [0.25, 0.3) is 0 Å². The van der Waals surface area contributed by atoms with Crippen molar-refractivity contribution in [3.63, 3.8) is 0 Å². The SMILES string of the molecule is COc1ccc(CC2CCCN2SI)cc1. The van der Waals surface area contributed by atoms with Crippen LogP contribution in [0.4, 0.5) is 0 Å². The molecule has 1 saturated heterocycles. The molecule has 2 nitrogen and oxygen atoms in total. The average Bonchev–Trinajstić information content (AvgIpc) is 2.77. The van der Waals surface area contributed by atoms with Crippen LogP contribution in [0.2, 0.25) is 0 Å². The summed E-state index contributed by atoms with van der Waals surface area (Å²) >= 11 is 2.38. The minimum Gasteiger partial charge on any atom is -0.497 e. The highest BCUT2D eigenvalue weighted by atomic mass is 127. The van der Waals surface area contributed by atoms with E-state index in [0.29, 0.717) is 6.04 Å². The molecule has 1 atom stereocenters. The lowest BCUT2D eigenvalue weighted by Gasteiger charge is -2.20. The Kier molecular flexibility index (Phi) is 4.79. The van der Waals surface area contributed by atoms with Crippen molar-refractivity contribution >= 4 is 30.3 Å². The Hall–Kier alpha value is 0.0600. The van der Waals surface area contributed by atoms with Gasteiger partial charge in [0.15, 0.2) is 0 Å². The molecule has 1 aromatic carbocycles. The summed E-state index contributed by atoms with van der Waals surface area (Å²) in [6, 6.07) is 9.15. The third kappa shape index (κ3) is 3.05. The monoisotopic (exact) mass is 349 g/mol. The highest BCUT2D eigenvalue weighted by molar-refractivity contribution is 14.2.